The maximum absolute atomic E-state index is 12.4. The van der Waals surface area contributed by atoms with Gasteiger partial charge in [0.05, 0.1) is 18.9 Å². The zero-order valence-corrected chi connectivity index (χ0v) is 14.7. The van der Waals surface area contributed by atoms with Gasteiger partial charge in [-0.1, -0.05) is 12.1 Å². The van der Waals surface area contributed by atoms with Crippen molar-refractivity contribution in [2.45, 2.75) is 18.9 Å². The number of para-hydroxylation sites is 2. The molecule has 6 heteroatoms. The predicted molar refractivity (Wildman–Crippen MR) is 98.7 cm³/mol. The van der Waals surface area contributed by atoms with Gasteiger partial charge < -0.3 is 20.1 Å². The molecule has 6 nitrogen and oxygen atoms in total. The van der Waals surface area contributed by atoms with Crippen LogP contribution in [0.4, 0.5) is 5.69 Å². The first-order valence-electron chi connectivity index (χ1n) is 8.61. The van der Waals surface area contributed by atoms with E-state index in [0.717, 1.165) is 19.4 Å². The maximum atomic E-state index is 12.4. The number of benzene rings is 2. The second-order valence-electron chi connectivity index (χ2n) is 6.08. The van der Waals surface area contributed by atoms with Gasteiger partial charge in [0.1, 0.15) is 5.75 Å². The van der Waals surface area contributed by atoms with Gasteiger partial charge in [0, 0.05) is 24.3 Å². The molecule has 2 amide bonds. The summed E-state index contributed by atoms with van der Waals surface area (Å²) in [6, 6.07) is 13.7. The van der Waals surface area contributed by atoms with E-state index in [-0.39, 0.29) is 17.9 Å². The number of methoxy groups -OCH3 is 1. The second kappa shape index (κ2) is 8.49. The van der Waals surface area contributed by atoms with Crippen LogP contribution in [0.2, 0.25) is 0 Å². The Morgan fingerprint density at radius 1 is 1.08 bits per heavy atom. The highest BCUT2D eigenvalue weighted by molar-refractivity contribution is 6.05. The lowest BCUT2D eigenvalue weighted by atomic mass is 10.1. The van der Waals surface area contributed by atoms with Crippen molar-refractivity contribution in [1.82, 2.24) is 5.32 Å². The highest BCUT2D eigenvalue weighted by Crippen LogP contribution is 2.23. The fourth-order valence-corrected chi connectivity index (χ4v) is 2.83. The molecule has 0 saturated carbocycles. The minimum Gasteiger partial charge on any atom is -0.495 e. The summed E-state index contributed by atoms with van der Waals surface area (Å²) in [4.78, 5) is 24.6. The Labute approximate surface area is 152 Å². The lowest BCUT2D eigenvalue weighted by Gasteiger charge is -2.11. The lowest BCUT2D eigenvalue weighted by molar-refractivity contribution is 0.0857. The monoisotopic (exact) mass is 354 g/mol. The molecule has 2 aromatic carbocycles. The van der Waals surface area contributed by atoms with Crippen molar-refractivity contribution < 1.29 is 19.1 Å². The number of carbonyl (C=O) groups is 2. The minimum atomic E-state index is -0.263. The molecule has 136 valence electrons. The number of hydrogen-bond donors (Lipinski definition) is 2. The Bertz CT molecular complexity index is 768. The average Bonchev–Trinajstić information content (AvgIpc) is 3.20. The van der Waals surface area contributed by atoms with Crippen molar-refractivity contribution in [3.63, 3.8) is 0 Å². The standard InChI is InChI=1S/C20H22N2O4/c1-25-18-7-3-2-6-17(18)22-20(24)15-10-8-14(9-11-15)19(23)21-13-16-5-4-12-26-16/h2-3,6-11,16H,4-5,12-13H2,1H3,(H,21,23)(H,22,24). The van der Waals surface area contributed by atoms with Crippen molar-refractivity contribution >= 4 is 17.5 Å². The van der Waals surface area contributed by atoms with Gasteiger partial charge in [0.15, 0.2) is 0 Å². The summed E-state index contributed by atoms with van der Waals surface area (Å²) >= 11 is 0. The van der Waals surface area contributed by atoms with Gasteiger partial charge in [-0.15, -0.1) is 0 Å². The molecule has 1 saturated heterocycles. The van der Waals surface area contributed by atoms with Gasteiger partial charge in [0.25, 0.3) is 11.8 Å². The highest BCUT2D eigenvalue weighted by atomic mass is 16.5. The fourth-order valence-electron chi connectivity index (χ4n) is 2.83. The molecule has 1 atom stereocenters. The van der Waals surface area contributed by atoms with Crippen LogP contribution in [0.3, 0.4) is 0 Å². The smallest absolute Gasteiger partial charge is 0.255 e. The number of nitrogens with one attached hydrogen (secondary N) is 2. The van der Waals surface area contributed by atoms with Crippen LogP contribution < -0.4 is 15.4 Å². The van der Waals surface area contributed by atoms with Crippen molar-refractivity contribution in [2.24, 2.45) is 0 Å². The Hall–Kier alpha value is -2.86. The van der Waals surface area contributed by atoms with Crippen molar-refractivity contribution in [1.29, 1.82) is 0 Å². The molecule has 26 heavy (non-hydrogen) atoms. The quantitative estimate of drug-likeness (QED) is 0.836. The molecule has 0 aliphatic carbocycles. The van der Waals surface area contributed by atoms with Gasteiger partial charge >= 0.3 is 0 Å². The lowest BCUT2D eigenvalue weighted by Crippen LogP contribution is -2.31. The molecule has 3 rings (SSSR count). The first kappa shape index (κ1) is 17.9. The van der Waals surface area contributed by atoms with E-state index in [1.165, 1.54) is 0 Å². The summed E-state index contributed by atoms with van der Waals surface area (Å²) < 4.78 is 10.7. The third-order valence-electron chi connectivity index (χ3n) is 4.28. The molecule has 2 N–H and O–H groups in total. The van der Waals surface area contributed by atoms with E-state index >= 15 is 0 Å². The Morgan fingerprint density at radius 2 is 1.77 bits per heavy atom. The molecular weight excluding hydrogens is 332 g/mol. The van der Waals surface area contributed by atoms with E-state index in [2.05, 4.69) is 10.6 Å². The van der Waals surface area contributed by atoms with Crippen LogP contribution in [0.5, 0.6) is 5.75 Å². The molecule has 2 aromatic rings. The number of amides is 2. The maximum Gasteiger partial charge on any atom is 0.255 e. The largest absolute Gasteiger partial charge is 0.495 e. The number of hydrogen-bond acceptors (Lipinski definition) is 4. The van der Waals surface area contributed by atoms with E-state index in [1.807, 2.05) is 12.1 Å². The first-order chi connectivity index (χ1) is 12.7. The molecule has 1 fully saturated rings. The van der Waals surface area contributed by atoms with Crippen LogP contribution >= 0.6 is 0 Å². The van der Waals surface area contributed by atoms with E-state index in [9.17, 15) is 9.59 Å². The summed E-state index contributed by atoms with van der Waals surface area (Å²) in [5.74, 6) is 0.156. The summed E-state index contributed by atoms with van der Waals surface area (Å²) in [5, 5.41) is 5.67. The minimum absolute atomic E-state index is 0.102. The molecule has 0 aromatic heterocycles. The summed E-state index contributed by atoms with van der Waals surface area (Å²) in [6.07, 6.45) is 2.11. The van der Waals surface area contributed by atoms with Crippen molar-refractivity contribution in [3.8, 4) is 5.75 Å². The number of carbonyl (C=O) groups excluding carboxylic acids is 2. The molecular formula is C20H22N2O4. The van der Waals surface area contributed by atoms with Crippen molar-refractivity contribution in [3.05, 3.63) is 59.7 Å². The third kappa shape index (κ3) is 4.40. The van der Waals surface area contributed by atoms with Crippen LogP contribution in [0.15, 0.2) is 48.5 Å². The summed E-state index contributed by atoms with van der Waals surface area (Å²) in [6.45, 7) is 1.27. The van der Waals surface area contributed by atoms with Crippen LogP contribution in [0, 0.1) is 0 Å². The molecule has 0 radical (unpaired) electrons. The average molecular weight is 354 g/mol. The topological polar surface area (TPSA) is 76.7 Å². The Kier molecular flexibility index (Phi) is 5.86. The van der Waals surface area contributed by atoms with Crippen LogP contribution in [-0.4, -0.2) is 38.2 Å². The van der Waals surface area contributed by atoms with Crippen molar-refractivity contribution in [2.75, 3.05) is 25.6 Å². The zero-order chi connectivity index (χ0) is 18.4. The van der Waals surface area contributed by atoms with E-state index in [1.54, 1.807) is 43.5 Å². The first-order valence-corrected chi connectivity index (χ1v) is 8.61. The molecule has 1 heterocycles. The van der Waals surface area contributed by atoms with Gasteiger partial charge in [-0.25, -0.2) is 0 Å². The zero-order valence-electron chi connectivity index (χ0n) is 14.7. The number of ether oxygens (including phenoxy) is 2. The van der Waals surface area contributed by atoms with Gasteiger partial charge in [-0.2, -0.15) is 0 Å². The SMILES string of the molecule is COc1ccccc1NC(=O)c1ccc(C(=O)NCC2CCCO2)cc1. The summed E-state index contributed by atoms with van der Waals surface area (Å²) in [5.41, 5.74) is 1.57. The molecule has 0 spiro atoms. The normalized spacial score (nSPS) is 16.1. The Balaban J connectivity index is 1.59. The van der Waals surface area contributed by atoms with Crippen LogP contribution in [-0.2, 0) is 4.74 Å². The van der Waals surface area contributed by atoms with E-state index < -0.39 is 0 Å². The van der Waals surface area contributed by atoms with Crippen LogP contribution in [0.1, 0.15) is 33.6 Å². The van der Waals surface area contributed by atoms with Gasteiger partial charge in [0.2, 0.25) is 0 Å². The second-order valence-corrected chi connectivity index (χ2v) is 6.08. The number of rotatable bonds is 6. The molecule has 1 aliphatic heterocycles. The third-order valence-corrected chi connectivity index (χ3v) is 4.28. The van der Waals surface area contributed by atoms with E-state index in [0.29, 0.717) is 29.1 Å². The Morgan fingerprint density at radius 3 is 2.42 bits per heavy atom. The summed E-state index contributed by atoms with van der Waals surface area (Å²) in [7, 11) is 1.55. The highest BCUT2D eigenvalue weighted by Gasteiger charge is 2.17. The molecule has 1 aliphatic rings. The van der Waals surface area contributed by atoms with Gasteiger partial charge in [-0.05, 0) is 49.2 Å². The molecule has 1 unspecified atom stereocenters. The van der Waals surface area contributed by atoms with Crippen LogP contribution in [0.25, 0.3) is 0 Å². The predicted octanol–water partition coefficient (Wildman–Crippen LogP) is 2.86. The molecule has 0 bridgehead atoms. The van der Waals surface area contributed by atoms with Gasteiger partial charge in [-0.3, -0.25) is 9.59 Å². The van der Waals surface area contributed by atoms with E-state index in [4.69, 9.17) is 9.47 Å². The number of anilines is 1. The fraction of sp³-hybridized carbons (Fsp3) is 0.300.